The largest absolute Gasteiger partial charge is 0.382 e. The quantitative estimate of drug-likeness (QED) is 0.928. The summed E-state index contributed by atoms with van der Waals surface area (Å²) < 4.78 is 36.2. The lowest BCUT2D eigenvalue weighted by Gasteiger charge is -2.19. The minimum absolute atomic E-state index is 0.0531. The molecule has 102 valence electrons. The zero-order valence-corrected chi connectivity index (χ0v) is 12.2. The number of sulfone groups is 1. The molecule has 0 spiro atoms. The van der Waals surface area contributed by atoms with Crippen molar-refractivity contribution in [1.29, 1.82) is 0 Å². The highest BCUT2D eigenvalue weighted by Gasteiger charge is 2.28. The standard InChI is InChI=1S/C12H17ClFNO2S/c1-12(2,3)18(16,17)7-6-15-11-8-9(13)4-5-10(11)14/h4-5,8,15H,6-7H2,1-3H3. The van der Waals surface area contributed by atoms with Gasteiger partial charge < -0.3 is 5.32 Å². The Morgan fingerprint density at radius 2 is 1.94 bits per heavy atom. The van der Waals surface area contributed by atoms with Gasteiger partial charge in [0.25, 0.3) is 0 Å². The molecular weight excluding hydrogens is 277 g/mol. The molecule has 0 radical (unpaired) electrons. The van der Waals surface area contributed by atoms with Gasteiger partial charge in [-0.1, -0.05) is 11.6 Å². The van der Waals surface area contributed by atoms with Crippen LogP contribution in [0.4, 0.5) is 10.1 Å². The van der Waals surface area contributed by atoms with Gasteiger partial charge in [-0.3, -0.25) is 0 Å². The van der Waals surface area contributed by atoms with Gasteiger partial charge in [-0.25, -0.2) is 12.8 Å². The second-order valence-electron chi connectivity index (χ2n) is 4.98. The van der Waals surface area contributed by atoms with Crippen molar-refractivity contribution < 1.29 is 12.8 Å². The number of hydrogen-bond acceptors (Lipinski definition) is 3. The molecule has 0 bridgehead atoms. The van der Waals surface area contributed by atoms with Crippen LogP contribution in [0.5, 0.6) is 0 Å². The predicted molar refractivity (Wildman–Crippen MR) is 73.4 cm³/mol. The van der Waals surface area contributed by atoms with Crippen molar-refractivity contribution in [3.63, 3.8) is 0 Å². The van der Waals surface area contributed by atoms with E-state index in [1.807, 2.05) is 0 Å². The summed E-state index contributed by atoms with van der Waals surface area (Å²) >= 11 is 5.73. The molecule has 0 aromatic heterocycles. The fourth-order valence-corrected chi connectivity index (χ4v) is 2.41. The summed E-state index contributed by atoms with van der Waals surface area (Å²) in [6, 6.07) is 4.11. The minimum atomic E-state index is -3.21. The number of anilines is 1. The zero-order valence-electron chi connectivity index (χ0n) is 10.6. The Kier molecular flexibility index (Phi) is 4.61. The molecule has 0 fully saturated rings. The van der Waals surface area contributed by atoms with Gasteiger partial charge in [0.1, 0.15) is 5.82 Å². The maximum atomic E-state index is 13.4. The van der Waals surface area contributed by atoms with Crippen molar-refractivity contribution in [3.05, 3.63) is 29.0 Å². The Hall–Kier alpha value is -0.810. The summed E-state index contributed by atoms with van der Waals surface area (Å²) in [6.45, 7) is 5.07. The van der Waals surface area contributed by atoms with Crippen LogP contribution in [0.25, 0.3) is 0 Å². The summed E-state index contributed by atoms with van der Waals surface area (Å²) in [7, 11) is -3.21. The molecule has 0 saturated heterocycles. The molecule has 1 N–H and O–H groups in total. The Bertz CT molecular complexity index is 523. The van der Waals surface area contributed by atoms with E-state index in [0.29, 0.717) is 5.02 Å². The van der Waals surface area contributed by atoms with Crippen LogP contribution in [0.1, 0.15) is 20.8 Å². The van der Waals surface area contributed by atoms with Crippen LogP contribution in [0.3, 0.4) is 0 Å². The van der Waals surface area contributed by atoms with E-state index < -0.39 is 20.4 Å². The van der Waals surface area contributed by atoms with E-state index >= 15 is 0 Å². The van der Waals surface area contributed by atoms with E-state index in [9.17, 15) is 12.8 Å². The van der Waals surface area contributed by atoms with Crippen LogP contribution in [0.15, 0.2) is 18.2 Å². The van der Waals surface area contributed by atoms with E-state index in [0.717, 1.165) is 0 Å². The summed E-state index contributed by atoms with van der Waals surface area (Å²) in [5.74, 6) is -0.504. The molecule has 1 aromatic carbocycles. The molecule has 0 atom stereocenters. The number of rotatable bonds is 4. The van der Waals surface area contributed by atoms with Crippen LogP contribution in [0.2, 0.25) is 5.02 Å². The first-order valence-corrected chi connectivity index (χ1v) is 7.58. The average Bonchev–Trinajstić information content (AvgIpc) is 2.21. The fourth-order valence-electron chi connectivity index (χ4n) is 1.26. The molecule has 0 unspecified atom stereocenters. The third kappa shape index (κ3) is 3.85. The molecule has 1 aromatic rings. The van der Waals surface area contributed by atoms with E-state index in [1.165, 1.54) is 18.2 Å². The van der Waals surface area contributed by atoms with Crippen LogP contribution < -0.4 is 5.32 Å². The lowest BCUT2D eigenvalue weighted by atomic mass is 10.3. The Balaban J connectivity index is 2.65. The molecule has 0 amide bonds. The first-order valence-electron chi connectivity index (χ1n) is 5.55. The van der Waals surface area contributed by atoms with Crippen molar-refractivity contribution >= 4 is 27.1 Å². The number of benzene rings is 1. The first kappa shape index (κ1) is 15.2. The SMILES string of the molecule is CC(C)(C)S(=O)(=O)CCNc1cc(Cl)ccc1F. The fraction of sp³-hybridized carbons (Fsp3) is 0.500. The predicted octanol–water partition coefficient (Wildman–Crippen LogP) is 3.10. The third-order valence-electron chi connectivity index (χ3n) is 2.55. The van der Waals surface area contributed by atoms with Gasteiger partial charge in [-0.2, -0.15) is 0 Å². The highest BCUT2D eigenvalue weighted by molar-refractivity contribution is 7.92. The summed E-state index contributed by atoms with van der Waals surface area (Å²) in [6.07, 6.45) is 0. The van der Waals surface area contributed by atoms with Gasteiger partial charge in [0, 0.05) is 11.6 Å². The molecule has 1 rings (SSSR count). The van der Waals surface area contributed by atoms with Crippen molar-refractivity contribution in [3.8, 4) is 0 Å². The Morgan fingerprint density at radius 3 is 2.50 bits per heavy atom. The molecule has 0 aliphatic heterocycles. The molecule has 3 nitrogen and oxygen atoms in total. The van der Waals surface area contributed by atoms with Crippen molar-refractivity contribution in [2.24, 2.45) is 0 Å². The zero-order chi connectivity index (χ0) is 14.0. The molecule has 0 heterocycles. The number of nitrogens with one attached hydrogen (secondary N) is 1. The summed E-state index contributed by atoms with van der Waals surface area (Å²) in [5, 5.41) is 3.14. The van der Waals surface area contributed by atoms with Crippen LogP contribution in [-0.4, -0.2) is 25.5 Å². The summed E-state index contributed by atoms with van der Waals surface area (Å²) in [4.78, 5) is 0. The van der Waals surface area contributed by atoms with E-state index in [2.05, 4.69) is 5.32 Å². The lowest BCUT2D eigenvalue weighted by Crippen LogP contribution is -2.32. The summed E-state index contributed by atoms with van der Waals surface area (Å²) in [5.41, 5.74) is 0.214. The molecular formula is C12H17ClFNO2S. The van der Waals surface area contributed by atoms with Gasteiger partial charge in [-0.15, -0.1) is 0 Å². The molecule has 0 aliphatic rings. The molecule has 0 saturated carbocycles. The topological polar surface area (TPSA) is 46.2 Å². The monoisotopic (exact) mass is 293 g/mol. The van der Waals surface area contributed by atoms with Crippen molar-refractivity contribution in [2.45, 2.75) is 25.5 Å². The van der Waals surface area contributed by atoms with Crippen LogP contribution in [-0.2, 0) is 9.84 Å². The third-order valence-corrected chi connectivity index (χ3v) is 5.39. The van der Waals surface area contributed by atoms with Crippen LogP contribution >= 0.6 is 11.6 Å². The Labute approximate surface area is 112 Å². The first-order chi connectivity index (χ1) is 8.13. The molecule has 6 heteroatoms. The van der Waals surface area contributed by atoms with E-state index in [-0.39, 0.29) is 18.0 Å². The van der Waals surface area contributed by atoms with Crippen molar-refractivity contribution in [2.75, 3.05) is 17.6 Å². The Morgan fingerprint density at radius 1 is 1.33 bits per heavy atom. The molecule has 0 aliphatic carbocycles. The van der Waals surface area contributed by atoms with Gasteiger partial charge in [0.2, 0.25) is 0 Å². The van der Waals surface area contributed by atoms with Crippen LogP contribution in [0, 0.1) is 5.82 Å². The second-order valence-corrected chi connectivity index (χ2v) is 8.28. The average molecular weight is 294 g/mol. The molecule has 18 heavy (non-hydrogen) atoms. The number of halogens is 2. The van der Waals surface area contributed by atoms with E-state index in [1.54, 1.807) is 20.8 Å². The highest BCUT2D eigenvalue weighted by atomic mass is 35.5. The van der Waals surface area contributed by atoms with Gasteiger partial charge in [-0.05, 0) is 39.0 Å². The highest BCUT2D eigenvalue weighted by Crippen LogP contribution is 2.20. The maximum Gasteiger partial charge on any atom is 0.156 e. The minimum Gasteiger partial charge on any atom is -0.382 e. The number of hydrogen-bond donors (Lipinski definition) is 1. The van der Waals surface area contributed by atoms with Gasteiger partial charge in [0.05, 0.1) is 16.2 Å². The van der Waals surface area contributed by atoms with Gasteiger partial charge in [0.15, 0.2) is 9.84 Å². The van der Waals surface area contributed by atoms with Gasteiger partial charge >= 0.3 is 0 Å². The second kappa shape index (κ2) is 5.45. The lowest BCUT2D eigenvalue weighted by molar-refractivity contribution is 0.560. The van der Waals surface area contributed by atoms with Crippen molar-refractivity contribution in [1.82, 2.24) is 0 Å². The smallest absolute Gasteiger partial charge is 0.156 e. The normalized spacial score (nSPS) is 12.5. The maximum absolute atomic E-state index is 13.4. The van der Waals surface area contributed by atoms with E-state index in [4.69, 9.17) is 11.6 Å².